The minimum Gasteiger partial charge on any atom is -0.464 e. The van der Waals surface area contributed by atoms with Crippen molar-refractivity contribution < 1.29 is 19.1 Å². The zero-order valence-electron chi connectivity index (χ0n) is 12.5. The van der Waals surface area contributed by atoms with Crippen molar-refractivity contribution in [2.75, 3.05) is 51.4 Å². The molecule has 0 spiro atoms. The maximum Gasteiger partial charge on any atom is 0.356 e. The van der Waals surface area contributed by atoms with E-state index < -0.39 is 5.97 Å². The Bertz CT molecular complexity index is 566. The molecule has 1 amide bonds. The molecule has 2 aliphatic rings. The lowest BCUT2D eigenvalue weighted by atomic mass is 10.1. The molecular formula is C15H19N3O4. The summed E-state index contributed by atoms with van der Waals surface area (Å²) in [5, 5.41) is 0. The highest BCUT2D eigenvalue weighted by atomic mass is 16.5. The van der Waals surface area contributed by atoms with Gasteiger partial charge in [0.2, 0.25) is 5.91 Å². The molecule has 3 rings (SSSR count). The fourth-order valence-electron chi connectivity index (χ4n) is 2.65. The van der Waals surface area contributed by atoms with E-state index in [2.05, 4.69) is 14.6 Å². The maximum atomic E-state index is 12.2. The highest BCUT2D eigenvalue weighted by molar-refractivity contribution is 5.88. The van der Waals surface area contributed by atoms with Crippen LogP contribution in [0, 0.1) is 5.92 Å². The SMILES string of the molecule is COC(=O)c1cc(N2CCN(C(=O)C3COC3)CC2)ccn1. The molecular weight excluding hydrogens is 286 g/mol. The first-order valence-corrected chi connectivity index (χ1v) is 7.35. The number of pyridine rings is 1. The number of methoxy groups -OCH3 is 1. The summed E-state index contributed by atoms with van der Waals surface area (Å²) in [7, 11) is 1.34. The lowest BCUT2D eigenvalue weighted by Crippen LogP contribution is -2.53. The van der Waals surface area contributed by atoms with E-state index in [1.807, 2.05) is 11.0 Å². The van der Waals surface area contributed by atoms with E-state index in [4.69, 9.17) is 4.74 Å². The number of esters is 1. The molecule has 2 aliphatic heterocycles. The monoisotopic (exact) mass is 305 g/mol. The third-order valence-corrected chi connectivity index (χ3v) is 4.08. The smallest absolute Gasteiger partial charge is 0.356 e. The van der Waals surface area contributed by atoms with Crippen LogP contribution in [-0.4, -0.2) is 68.3 Å². The van der Waals surface area contributed by atoms with Crippen LogP contribution in [0.3, 0.4) is 0 Å². The van der Waals surface area contributed by atoms with Gasteiger partial charge in [0.1, 0.15) is 5.69 Å². The molecule has 0 bridgehead atoms. The van der Waals surface area contributed by atoms with Gasteiger partial charge in [-0.3, -0.25) is 4.79 Å². The predicted molar refractivity (Wildman–Crippen MR) is 78.7 cm³/mol. The van der Waals surface area contributed by atoms with Crippen LogP contribution in [0.2, 0.25) is 0 Å². The Morgan fingerprint density at radius 3 is 2.59 bits per heavy atom. The minimum absolute atomic E-state index is 0.0402. The Balaban J connectivity index is 1.61. The van der Waals surface area contributed by atoms with Crippen LogP contribution in [0.25, 0.3) is 0 Å². The first-order valence-electron chi connectivity index (χ1n) is 7.35. The predicted octanol–water partition coefficient (Wildman–Crippen LogP) is 0.163. The number of piperazine rings is 1. The average Bonchev–Trinajstić information content (AvgIpc) is 2.52. The summed E-state index contributed by atoms with van der Waals surface area (Å²) in [4.78, 5) is 31.8. The summed E-state index contributed by atoms with van der Waals surface area (Å²) in [5.74, 6) is -0.213. The first kappa shape index (κ1) is 14.8. The number of amides is 1. The van der Waals surface area contributed by atoms with Crippen molar-refractivity contribution in [2.24, 2.45) is 5.92 Å². The van der Waals surface area contributed by atoms with Crippen LogP contribution in [0.5, 0.6) is 0 Å². The van der Waals surface area contributed by atoms with Crippen LogP contribution < -0.4 is 4.90 Å². The average molecular weight is 305 g/mol. The van der Waals surface area contributed by atoms with Gasteiger partial charge in [0.25, 0.3) is 0 Å². The quantitative estimate of drug-likeness (QED) is 0.741. The van der Waals surface area contributed by atoms with Crippen molar-refractivity contribution in [1.29, 1.82) is 0 Å². The lowest BCUT2D eigenvalue weighted by molar-refractivity contribution is -0.150. The third-order valence-electron chi connectivity index (χ3n) is 4.08. The van der Waals surface area contributed by atoms with Crippen LogP contribution in [0.1, 0.15) is 10.5 Å². The molecule has 118 valence electrons. The van der Waals surface area contributed by atoms with Gasteiger partial charge >= 0.3 is 5.97 Å². The van der Waals surface area contributed by atoms with Gasteiger partial charge in [0, 0.05) is 38.1 Å². The minimum atomic E-state index is -0.444. The molecule has 0 radical (unpaired) electrons. The van der Waals surface area contributed by atoms with E-state index in [0.29, 0.717) is 32.0 Å². The molecule has 0 unspecified atom stereocenters. The molecule has 0 atom stereocenters. The molecule has 2 fully saturated rings. The molecule has 0 aromatic carbocycles. The van der Waals surface area contributed by atoms with E-state index in [9.17, 15) is 9.59 Å². The zero-order chi connectivity index (χ0) is 15.5. The molecule has 0 saturated carbocycles. The highest BCUT2D eigenvalue weighted by Crippen LogP contribution is 2.19. The number of carbonyl (C=O) groups excluding carboxylic acids is 2. The fourth-order valence-corrected chi connectivity index (χ4v) is 2.65. The largest absolute Gasteiger partial charge is 0.464 e. The second kappa shape index (κ2) is 6.31. The Morgan fingerprint density at radius 1 is 1.27 bits per heavy atom. The molecule has 7 nitrogen and oxygen atoms in total. The van der Waals surface area contributed by atoms with E-state index in [1.165, 1.54) is 7.11 Å². The van der Waals surface area contributed by atoms with Gasteiger partial charge in [0.15, 0.2) is 0 Å². The van der Waals surface area contributed by atoms with Crippen molar-refractivity contribution in [3.05, 3.63) is 24.0 Å². The van der Waals surface area contributed by atoms with Gasteiger partial charge in [-0.1, -0.05) is 0 Å². The Morgan fingerprint density at radius 2 is 2.00 bits per heavy atom. The standard InChI is InChI=1S/C15H19N3O4/c1-21-15(20)13-8-12(2-3-16-13)17-4-6-18(7-5-17)14(19)11-9-22-10-11/h2-3,8,11H,4-7,9-10H2,1H3. The number of rotatable bonds is 3. The highest BCUT2D eigenvalue weighted by Gasteiger charge is 2.32. The molecule has 7 heteroatoms. The summed E-state index contributed by atoms with van der Waals surface area (Å²) in [6, 6.07) is 3.59. The maximum absolute atomic E-state index is 12.2. The summed E-state index contributed by atoms with van der Waals surface area (Å²) < 4.78 is 9.76. The van der Waals surface area contributed by atoms with Gasteiger partial charge in [-0.05, 0) is 12.1 Å². The van der Waals surface area contributed by atoms with Crippen LogP contribution in [0.4, 0.5) is 5.69 Å². The van der Waals surface area contributed by atoms with Crippen molar-refractivity contribution in [1.82, 2.24) is 9.88 Å². The van der Waals surface area contributed by atoms with E-state index in [0.717, 1.165) is 18.8 Å². The lowest BCUT2D eigenvalue weighted by Gasteiger charge is -2.39. The van der Waals surface area contributed by atoms with Gasteiger partial charge in [-0.2, -0.15) is 0 Å². The van der Waals surface area contributed by atoms with E-state index in [-0.39, 0.29) is 11.8 Å². The van der Waals surface area contributed by atoms with Crippen molar-refractivity contribution in [2.45, 2.75) is 0 Å². The summed E-state index contributed by atoms with van der Waals surface area (Å²) in [6.45, 7) is 3.95. The van der Waals surface area contributed by atoms with Crippen LogP contribution in [-0.2, 0) is 14.3 Å². The fraction of sp³-hybridized carbons (Fsp3) is 0.533. The van der Waals surface area contributed by atoms with Crippen LogP contribution >= 0.6 is 0 Å². The van der Waals surface area contributed by atoms with Gasteiger partial charge < -0.3 is 19.3 Å². The summed E-state index contributed by atoms with van der Waals surface area (Å²) in [5.41, 5.74) is 1.22. The summed E-state index contributed by atoms with van der Waals surface area (Å²) in [6.07, 6.45) is 1.60. The van der Waals surface area contributed by atoms with Gasteiger partial charge in [-0.15, -0.1) is 0 Å². The zero-order valence-corrected chi connectivity index (χ0v) is 12.5. The molecule has 1 aromatic rings. The molecule has 3 heterocycles. The molecule has 1 aromatic heterocycles. The number of carbonyl (C=O) groups is 2. The molecule has 2 saturated heterocycles. The number of nitrogens with zero attached hydrogens (tertiary/aromatic N) is 3. The number of aromatic nitrogens is 1. The Hall–Kier alpha value is -2.15. The molecule has 22 heavy (non-hydrogen) atoms. The number of hydrogen-bond donors (Lipinski definition) is 0. The number of hydrogen-bond acceptors (Lipinski definition) is 6. The number of anilines is 1. The van der Waals surface area contributed by atoms with Crippen molar-refractivity contribution >= 4 is 17.6 Å². The normalized spacial score (nSPS) is 18.8. The van der Waals surface area contributed by atoms with Crippen LogP contribution in [0.15, 0.2) is 18.3 Å². The first-order chi connectivity index (χ1) is 10.7. The van der Waals surface area contributed by atoms with Crippen molar-refractivity contribution in [3.8, 4) is 0 Å². The second-order valence-electron chi connectivity index (χ2n) is 5.44. The van der Waals surface area contributed by atoms with E-state index >= 15 is 0 Å². The summed E-state index contributed by atoms with van der Waals surface area (Å²) >= 11 is 0. The second-order valence-corrected chi connectivity index (χ2v) is 5.44. The Kier molecular flexibility index (Phi) is 4.24. The van der Waals surface area contributed by atoms with Crippen molar-refractivity contribution in [3.63, 3.8) is 0 Å². The molecule has 0 N–H and O–H groups in total. The van der Waals surface area contributed by atoms with Gasteiger partial charge in [-0.25, -0.2) is 9.78 Å². The van der Waals surface area contributed by atoms with Gasteiger partial charge in [0.05, 0.1) is 26.2 Å². The Labute approximate surface area is 128 Å². The number of ether oxygens (including phenoxy) is 2. The topological polar surface area (TPSA) is 72.0 Å². The molecule has 0 aliphatic carbocycles. The van der Waals surface area contributed by atoms with E-state index in [1.54, 1.807) is 12.3 Å². The third kappa shape index (κ3) is 2.89.